The van der Waals surface area contributed by atoms with E-state index in [1.165, 1.54) is 0 Å². The summed E-state index contributed by atoms with van der Waals surface area (Å²) in [4.78, 5) is 27.1. The number of hydrogen-bond donors (Lipinski definition) is 6. The zero-order valence-electron chi connectivity index (χ0n) is 27.5. The molecule has 0 aliphatic carbocycles. The Balaban J connectivity index is 1.23. The molecule has 6 N–H and O–H groups in total. The van der Waals surface area contributed by atoms with Crippen LogP contribution in [-0.4, -0.2) is 144 Å². The van der Waals surface area contributed by atoms with Gasteiger partial charge in [-0.3, -0.25) is 9.69 Å². The van der Waals surface area contributed by atoms with Gasteiger partial charge < -0.3 is 49.6 Å². The minimum Gasteiger partial charge on any atom is -0.494 e. The molecule has 3 heterocycles. The molecule has 4 atom stereocenters. The summed E-state index contributed by atoms with van der Waals surface area (Å²) in [5.41, 5.74) is 4.42. The number of fused-ring (bicyclic) bond motifs is 1. The number of anilines is 1. The van der Waals surface area contributed by atoms with Crippen LogP contribution in [0.5, 0.6) is 5.88 Å². The number of aliphatic hydroxyl groups excluding tert-OH is 4. The second-order valence-corrected chi connectivity index (χ2v) is 12.6. The lowest BCUT2D eigenvalue weighted by molar-refractivity contribution is -0.119. The molecule has 2 saturated heterocycles. The highest BCUT2D eigenvalue weighted by Crippen LogP contribution is 2.32. The summed E-state index contributed by atoms with van der Waals surface area (Å²) in [6, 6.07) is 22.3. The van der Waals surface area contributed by atoms with Gasteiger partial charge in [0.2, 0.25) is 5.91 Å². The summed E-state index contributed by atoms with van der Waals surface area (Å²) < 4.78 is 11.6. The minimum atomic E-state index is -1.61. The molecule has 258 valence electrons. The number of amides is 1. The molecule has 2 aliphatic rings. The van der Waals surface area contributed by atoms with Crippen LogP contribution >= 0.6 is 0 Å². The summed E-state index contributed by atoms with van der Waals surface area (Å²) in [6.07, 6.45) is -5.53. The van der Waals surface area contributed by atoms with Crippen molar-refractivity contribution >= 4 is 46.5 Å². The number of hydrogen-bond acceptors (Lipinski definition) is 11. The number of piperazine rings is 1. The fourth-order valence-electron chi connectivity index (χ4n) is 6.10. The summed E-state index contributed by atoms with van der Waals surface area (Å²) in [6.45, 7) is 3.24. The molecule has 3 aromatic carbocycles. The smallest absolute Gasteiger partial charge is 0.494 e. The highest BCUT2D eigenvalue weighted by atomic mass is 16.6. The van der Waals surface area contributed by atoms with Gasteiger partial charge in [-0.15, -0.1) is 0 Å². The Kier molecular flexibility index (Phi) is 10.8. The van der Waals surface area contributed by atoms with Crippen molar-refractivity contribution in [2.24, 2.45) is 4.99 Å². The molecule has 49 heavy (non-hydrogen) atoms. The molecule has 0 saturated carbocycles. The first kappa shape index (κ1) is 34.7. The van der Waals surface area contributed by atoms with Gasteiger partial charge in [0, 0.05) is 55.4 Å². The lowest BCUT2D eigenvalue weighted by Gasteiger charge is -2.32. The van der Waals surface area contributed by atoms with Crippen LogP contribution in [-0.2, 0) is 14.1 Å². The number of aliphatic imine (C=N–C) groups is 1. The molecule has 2 aliphatic heterocycles. The number of aromatic nitrogens is 1. The van der Waals surface area contributed by atoms with Crippen LogP contribution in [0.1, 0.15) is 11.1 Å². The molecule has 2 fully saturated rings. The number of carbonyl (C=O) groups excluding carboxylic acids is 1. The van der Waals surface area contributed by atoms with Crippen LogP contribution in [0, 0.1) is 0 Å². The molecule has 0 spiro atoms. The maximum atomic E-state index is 13.0. The highest BCUT2D eigenvalue weighted by Gasteiger charge is 2.41. The van der Waals surface area contributed by atoms with Crippen molar-refractivity contribution < 1.29 is 39.6 Å². The zero-order valence-corrected chi connectivity index (χ0v) is 27.5. The molecule has 0 radical (unpaired) electrons. The number of aromatic amines is 1. The second-order valence-electron chi connectivity index (χ2n) is 12.6. The SMILES string of the molecule is CN1CCN(CC(=O)N(C)c2ccc(N=C(c3ccccc3)c3c(O)[nH]c4cc(B5OC[C@H]([C@@H](O)[C@H](O)[C@H](O)CO)O5)ccc34)cc2)CC1. The van der Waals surface area contributed by atoms with Gasteiger partial charge in [-0.05, 0) is 42.8 Å². The topological polar surface area (TPSA) is 175 Å². The van der Waals surface area contributed by atoms with Gasteiger partial charge in [0.1, 0.15) is 18.3 Å². The van der Waals surface area contributed by atoms with Crippen molar-refractivity contribution in [1.29, 1.82) is 0 Å². The van der Waals surface area contributed by atoms with Crippen LogP contribution in [0.15, 0.2) is 77.8 Å². The standard InChI is InChI=1S/C35H42BN5O8/c1-39-14-16-41(17-15-39)19-30(44)40(2)25-11-9-24(10-12-25)37-32(22-6-4-3-5-7-22)31-26-13-8-23(18-27(26)38-35(31)47)36-48-21-29(49-36)34(46)33(45)28(43)20-42/h3-13,18,28-29,33-34,38,42-43,45-47H,14-17,19-21H2,1-2H3/t28-,29-,33-,34-/m1/s1. The van der Waals surface area contributed by atoms with Gasteiger partial charge in [0.05, 0.1) is 42.8 Å². The lowest BCUT2D eigenvalue weighted by Crippen LogP contribution is -2.48. The van der Waals surface area contributed by atoms with E-state index in [0.29, 0.717) is 39.9 Å². The number of rotatable bonds is 11. The third-order valence-electron chi connectivity index (χ3n) is 9.19. The predicted molar refractivity (Wildman–Crippen MR) is 187 cm³/mol. The van der Waals surface area contributed by atoms with E-state index < -0.39 is 38.1 Å². The maximum absolute atomic E-state index is 13.0. The number of aromatic hydroxyl groups is 1. The quantitative estimate of drug-likeness (QED) is 0.0970. The van der Waals surface area contributed by atoms with Crippen molar-refractivity contribution in [3.8, 4) is 5.88 Å². The van der Waals surface area contributed by atoms with Crippen molar-refractivity contribution in [2.75, 3.05) is 64.9 Å². The number of likely N-dealkylation sites (N-methyl/N-ethyl adjacent to an activating group) is 2. The van der Waals surface area contributed by atoms with Gasteiger partial charge in [-0.1, -0.05) is 42.5 Å². The Morgan fingerprint density at radius 3 is 2.45 bits per heavy atom. The number of benzene rings is 3. The fourth-order valence-corrected chi connectivity index (χ4v) is 6.10. The van der Waals surface area contributed by atoms with Gasteiger partial charge in [-0.2, -0.15) is 0 Å². The number of nitrogens with one attached hydrogen (secondary N) is 1. The zero-order chi connectivity index (χ0) is 34.7. The van der Waals surface area contributed by atoms with E-state index in [1.807, 2.05) is 60.7 Å². The van der Waals surface area contributed by atoms with Crippen LogP contribution in [0.2, 0.25) is 0 Å². The molecule has 14 heteroatoms. The highest BCUT2D eigenvalue weighted by molar-refractivity contribution is 6.62. The summed E-state index contributed by atoms with van der Waals surface area (Å²) in [5, 5.41) is 51.3. The summed E-state index contributed by atoms with van der Waals surface area (Å²) in [5.74, 6) is -0.0599. The first-order valence-electron chi connectivity index (χ1n) is 16.3. The van der Waals surface area contributed by atoms with E-state index in [2.05, 4.69) is 21.8 Å². The number of H-pyrrole nitrogens is 1. The lowest BCUT2D eigenvalue weighted by atomic mass is 9.79. The van der Waals surface area contributed by atoms with Crippen LogP contribution in [0.25, 0.3) is 10.9 Å². The first-order valence-corrected chi connectivity index (χ1v) is 16.3. The fraction of sp³-hybridized carbons (Fsp3) is 0.371. The van der Waals surface area contributed by atoms with Gasteiger partial charge in [0.25, 0.3) is 0 Å². The van der Waals surface area contributed by atoms with Crippen molar-refractivity contribution in [2.45, 2.75) is 24.4 Å². The molecule has 6 rings (SSSR count). The van der Waals surface area contributed by atoms with Gasteiger partial charge in [0.15, 0.2) is 5.88 Å². The third-order valence-corrected chi connectivity index (χ3v) is 9.19. The average molecular weight is 672 g/mol. The summed E-state index contributed by atoms with van der Waals surface area (Å²) >= 11 is 0. The Morgan fingerprint density at radius 1 is 1.04 bits per heavy atom. The van der Waals surface area contributed by atoms with E-state index in [1.54, 1.807) is 24.1 Å². The Hall–Kier alpha value is -4.12. The Morgan fingerprint density at radius 2 is 1.76 bits per heavy atom. The monoisotopic (exact) mass is 671 g/mol. The summed E-state index contributed by atoms with van der Waals surface area (Å²) in [7, 11) is 2.99. The molecule has 1 amide bonds. The van der Waals surface area contributed by atoms with E-state index in [9.17, 15) is 25.2 Å². The van der Waals surface area contributed by atoms with Gasteiger partial charge >= 0.3 is 7.12 Å². The van der Waals surface area contributed by atoms with Crippen LogP contribution in [0.3, 0.4) is 0 Å². The maximum Gasteiger partial charge on any atom is 0.494 e. The minimum absolute atomic E-state index is 0.0204. The van der Waals surface area contributed by atoms with Crippen molar-refractivity contribution in [3.05, 3.63) is 83.9 Å². The average Bonchev–Trinajstić information content (AvgIpc) is 3.75. The molecular weight excluding hydrogens is 629 g/mol. The van der Waals surface area contributed by atoms with E-state index in [-0.39, 0.29) is 18.4 Å². The third kappa shape index (κ3) is 7.72. The van der Waals surface area contributed by atoms with E-state index in [0.717, 1.165) is 37.4 Å². The second kappa shape index (κ2) is 15.2. The first-order chi connectivity index (χ1) is 23.6. The van der Waals surface area contributed by atoms with Crippen molar-refractivity contribution in [3.63, 3.8) is 0 Å². The van der Waals surface area contributed by atoms with Crippen LogP contribution in [0.4, 0.5) is 11.4 Å². The van der Waals surface area contributed by atoms with E-state index >= 15 is 0 Å². The molecule has 4 aromatic rings. The Labute approximate surface area is 284 Å². The number of nitrogens with zero attached hydrogens (tertiary/aromatic N) is 4. The van der Waals surface area contributed by atoms with E-state index in [4.69, 9.17) is 19.4 Å². The van der Waals surface area contributed by atoms with Gasteiger partial charge in [-0.25, -0.2) is 4.99 Å². The van der Waals surface area contributed by atoms with Crippen LogP contribution < -0.4 is 10.4 Å². The number of carbonyl (C=O) groups is 1. The molecule has 0 bridgehead atoms. The molecule has 0 unspecified atom stereocenters. The molecule has 13 nitrogen and oxygen atoms in total. The number of aliphatic hydroxyl groups is 4. The van der Waals surface area contributed by atoms with Crippen molar-refractivity contribution in [1.82, 2.24) is 14.8 Å². The largest absolute Gasteiger partial charge is 0.494 e. The molecule has 1 aromatic heterocycles. The Bertz CT molecular complexity index is 1760. The normalized spacial score (nSPS) is 19.7. The predicted octanol–water partition coefficient (Wildman–Crippen LogP) is 0.438. The molecular formula is C35H42BN5O8.